The van der Waals surface area contributed by atoms with Crippen molar-refractivity contribution in [2.75, 3.05) is 0 Å². The van der Waals surface area contributed by atoms with E-state index in [1.807, 2.05) is 47.0 Å². The SMILES string of the molecule is Bc1cccc2c1nc1n(-c3nccc4oc5ccccc5c34)c3cc(O)ccc3n21. The molecule has 0 radical (unpaired) electrons. The molecule has 7 aromatic rings. The third-order valence-electron chi connectivity index (χ3n) is 5.99. The molecule has 0 aliphatic heterocycles. The first-order valence-electron chi connectivity index (χ1n) is 10.1. The number of furan rings is 1. The minimum atomic E-state index is 0.194. The van der Waals surface area contributed by atoms with E-state index < -0.39 is 0 Å². The van der Waals surface area contributed by atoms with E-state index in [9.17, 15) is 5.11 Å². The van der Waals surface area contributed by atoms with Gasteiger partial charge in [0.25, 0.3) is 0 Å². The fourth-order valence-corrected chi connectivity index (χ4v) is 4.63. The maximum absolute atomic E-state index is 10.3. The van der Waals surface area contributed by atoms with Gasteiger partial charge in [0.1, 0.15) is 24.8 Å². The van der Waals surface area contributed by atoms with E-state index in [-0.39, 0.29) is 5.75 Å². The van der Waals surface area contributed by atoms with Gasteiger partial charge >= 0.3 is 0 Å². The molecule has 0 saturated carbocycles. The van der Waals surface area contributed by atoms with Crippen LogP contribution < -0.4 is 5.46 Å². The van der Waals surface area contributed by atoms with E-state index in [0.717, 1.165) is 61.1 Å². The Balaban J connectivity index is 1.75. The number of benzene rings is 3. The predicted molar refractivity (Wildman–Crippen MR) is 124 cm³/mol. The summed E-state index contributed by atoms with van der Waals surface area (Å²) in [5.74, 6) is 1.66. The molecule has 31 heavy (non-hydrogen) atoms. The summed E-state index contributed by atoms with van der Waals surface area (Å²) in [5.41, 5.74) is 6.44. The van der Waals surface area contributed by atoms with Crippen LogP contribution in [0.2, 0.25) is 0 Å². The first kappa shape index (κ1) is 16.5. The van der Waals surface area contributed by atoms with Crippen molar-refractivity contribution < 1.29 is 9.52 Å². The summed E-state index contributed by atoms with van der Waals surface area (Å²) in [4.78, 5) is 9.77. The number of rotatable bonds is 1. The summed E-state index contributed by atoms with van der Waals surface area (Å²) >= 11 is 0. The summed E-state index contributed by atoms with van der Waals surface area (Å²) in [6.45, 7) is 0. The van der Waals surface area contributed by atoms with Gasteiger partial charge in [-0.15, -0.1) is 0 Å². The number of phenols is 1. The predicted octanol–water partition coefficient (Wildman–Crippen LogP) is 3.69. The number of aromatic hydroxyl groups is 1. The lowest BCUT2D eigenvalue weighted by Gasteiger charge is -2.06. The van der Waals surface area contributed by atoms with Gasteiger partial charge in [0.15, 0.2) is 5.82 Å². The molecule has 6 nitrogen and oxygen atoms in total. The monoisotopic (exact) mass is 402 g/mol. The molecule has 0 saturated heterocycles. The third kappa shape index (κ3) is 2.07. The number of fused-ring (bicyclic) bond motifs is 8. The van der Waals surface area contributed by atoms with Crippen molar-refractivity contribution in [2.45, 2.75) is 0 Å². The normalized spacial score (nSPS) is 12.1. The molecule has 0 fully saturated rings. The minimum Gasteiger partial charge on any atom is -0.508 e. The highest BCUT2D eigenvalue weighted by Gasteiger charge is 2.22. The number of phenolic OH excluding ortho intramolecular Hbond substituents is 1. The van der Waals surface area contributed by atoms with Crippen molar-refractivity contribution in [3.05, 3.63) is 72.9 Å². The molecule has 0 amide bonds. The molecule has 0 spiro atoms. The average molecular weight is 402 g/mol. The molecule has 0 aliphatic carbocycles. The van der Waals surface area contributed by atoms with E-state index in [2.05, 4.69) is 24.4 Å². The van der Waals surface area contributed by atoms with Crippen LogP contribution in [0.3, 0.4) is 0 Å². The number of pyridine rings is 1. The van der Waals surface area contributed by atoms with Crippen LogP contribution in [0.5, 0.6) is 5.75 Å². The van der Waals surface area contributed by atoms with Crippen LogP contribution in [-0.4, -0.2) is 31.9 Å². The quantitative estimate of drug-likeness (QED) is 0.426. The Kier molecular flexibility index (Phi) is 3.02. The van der Waals surface area contributed by atoms with Crippen LogP contribution in [-0.2, 0) is 0 Å². The Morgan fingerprint density at radius 1 is 0.871 bits per heavy atom. The Morgan fingerprint density at radius 2 is 1.77 bits per heavy atom. The van der Waals surface area contributed by atoms with Gasteiger partial charge in [0.05, 0.1) is 27.5 Å². The van der Waals surface area contributed by atoms with Crippen molar-refractivity contribution in [3.8, 4) is 11.6 Å². The Hall–Kier alpha value is -4.26. The first-order valence-corrected chi connectivity index (χ1v) is 10.1. The lowest BCUT2D eigenvalue weighted by Crippen LogP contribution is -2.03. The van der Waals surface area contributed by atoms with Gasteiger partial charge in [0, 0.05) is 17.6 Å². The fraction of sp³-hybridized carbons (Fsp3) is 0. The van der Waals surface area contributed by atoms with E-state index in [0.29, 0.717) is 0 Å². The van der Waals surface area contributed by atoms with E-state index >= 15 is 0 Å². The zero-order valence-electron chi connectivity index (χ0n) is 16.6. The van der Waals surface area contributed by atoms with E-state index in [4.69, 9.17) is 14.4 Å². The molecular weight excluding hydrogens is 387 g/mol. The van der Waals surface area contributed by atoms with Crippen LogP contribution in [0.4, 0.5) is 0 Å². The van der Waals surface area contributed by atoms with Crippen LogP contribution in [0.1, 0.15) is 0 Å². The molecule has 7 heteroatoms. The highest BCUT2D eigenvalue weighted by molar-refractivity contribution is 6.38. The fourth-order valence-electron chi connectivity index (χ4n) is 4.63. The van der Waals surface area contributed by atoms with Crippen LogP contribution in [0.25, 0.3) is 55.6 Å². The smallest absolute Gasteiger partial charge is 0.221 e. The summed E-state index contributed by atoms with van der Waals surface area (Å²) < 4.78 is 10.2. The van der Waals surface area contributed by atoms with Gasteiger partial charge in [-0.25, -0.2) is 9.97 Å². The number of para-hydroxylation sites is 2. The van der Waals surface area contributed by atoms with Crippen molar-refractivity contribution in [2.24, 2.45) is 0 Å². The van der Waals surface area contributed by atoms with Crippen LogP contribution in [0.15, 0.2) is 77.3 Å². The molecule has 146 valence electrons. The Bertz CT molecular complexity index is 1830. The van der Waals surface area contributed by atoms with Crippen molar-refractivity contribution in [3.63, 3.8) is 0 Å². The standard InChI is InChI=1S/C24H15BN4O2/c25-15-5-3-6-17-22(15)27-24-28(17)16-9-8-13(30)12-18(16)29(24)23-21-14-4-1-2-7-19(14)31-20(21)10-11-26-23/h1-12,30H,25H2. The lowest BCUT2D eigenvalue weighted by atomic mass is 9.95. The van der Waals surface area contributed by atoms with Gasteiger partial charge in [-0.2, -0.15) is 0 Å². The summed E-state index contributed by atoms with van der Waals surface area (Å²) in [7, 11) is 2.07. The zero-order valence-corrected chi connectivity index (χ0v) is 16.6. The molecule has 0 aliphatic rings. The number of hydrogen-bond donors (Lipinski definition) is 1. The largest absolute Gasteiger partial charge is 0.508 e. The van der Waals surface area contributed by atoms with Gasteiger partial charge in [-0.3, -0.25) is 8.97 Å². The van der Waals surface area contributed by atoms with Crippen molar-refractivity contribution >= 4 is 63.1 Å². The summed E-state index contributed by atoms with van der Waals surface area (Å²) in [6, 6.07) is 21.4. The zero-order chi connectivity index (χ0) is 20.7. The van der Waals surface area contributed by atoms with Crippen LogP contribution >= 0.6 is 0 Å². The molecule has 3 aromatic carbocycles. The van der Waals surface area contributed by atoms with Gasteiger partial charge in [0.2, 0.25) is 5.78 Å². The topological polar surface area (TPSA) is 68.5 Å². The minimum absolute atomic E-state index is 0.194. The molecule has 0 atom stereocenters. The summed E-state index contributed by atoms with van der Waals surface area (Å²) in [5, 5.41) is 12.2. The highest BCUT2D eigenvalue weighted by Crippen LogP contribution is 2.36. The summed E-state index contributed by atoms with van der Waals surface area (Å²) in [6.07, 6.45) is 1.75. The molecule has 7 rings (SSSR count). The Morgan fingerprint density at radius 3 is 2.71 bits per heavy atom. The lowest BCUT2D eigenvalue weighted by molar-refractivity contribution is 0.476. The second-order valence-electron chi connectivity index (χ2n) is 7.80. The molecule has 4 aromatic heterocycles. The van der Waals surface area contributed by atoms with Crippen LogP contribution in [0, 0.1) is 0 Å². The maximum atomic E-state index is 10.3. The van der Waals surface area contributed by atoms with Crippen molar-refractivity contribution in [1.82, 2.24) is 18.9 Å². The average Bonchev–Trinajstić information content (AvgIpc) is 3.42. The van der Waals surface area contributed by atoms with Crippen molar-refractivity contribution in [1.29, 1.82) is 0 Å². The second-order valence-corrected chi connectivity index (χ2v) is 7.80. The number of nitrogens with zero attached hydrogens (tertiary/aromatic N) is 4. The maximum Gasteiger partial charge on any atom is 0.221 e. The van der Waals surface area contributed by atoms with E-state index in [1.165, 1.54) is 0 Å². The molecule has 4 heterocycles. The second kappa shape index (κ2) is 5.67. The third-order valence-corrected chi connectivity index (χ3v) is 5.99. The molecular formula is C24H15BN4O2. The van der Waals surface area contributed by atoms with Gasteiger partial charge in [-0.05, 0) is 30.3 Å². The molecule has 1 N–H and O–H groups in total. The molecule has 0 unspecified atom stereocenters. The number of imidazole rings is 2. The number of hydrogen-bond acceptors (Lipinski definition) is 4. The van der Waals surface area contributed by atoms with Gasteiger partial charge < -0.3 is 9.52 Å². The first-order chi connectivity index (χ1) is 15.2. The number of aromatic nitrogens is 4. The van der Waals surface area contributed by atoms with Gasteiger partial charge in [-0.1, -0.05) is 35.8 Å². The highest BCUT2D eigenvalue weighted by atomic mass is 16.3. The van der Waals surface area contributed by atoms with E-state index in [1.54, 1.807) is 18.3 Å². The Labute approximate surface area is 176 Å². The molecule has 0 bridgehead atoms.